The molecular formula is C17H18N4O5S. The molecule has 27 heavy (non-hydrogen) atoms. The van der Waals surface area contributed by atoms with Gasteiger partial charge < -0.3 is 20.8 Å². The Morgan fingerprint density at radius 1 is 1.44 bits per heavy atom. The van der Waals surface area contributed by atoms with Gasteiger partial charge in [0.1, 0.15) is 22.5 Å². The lowest BCUT2D eigenvalue weighted by Crippen LogP contribution is -2.63. The molecule has 10 heteroatoms. The van der Waals surface area contributed by atoms with Crippen LogP contribution in [0.1, 0.15) is 29.2 Å². The molecule has 0 aromatic carbocycles. The fourth-order valence-corrected chi connectivity index (χ4v) is 5.34. The van der Waals surface area contributed by atoms with Crippen molar-refractivity contribution in [2.45, 2.75) is 26.0 Å². The van der Waals surface area contributed by atoms with Crippen LogP contribution < -0.4 is 5.73 Å². The summed E-state index contributed by atoms with van der Waals surface area (Å²) in [7, 11) is 0. The third-order valence-electron chi connectivity index (χ3n) is 5.30. The maximum atomic E-state index is 12.4. The van der Waals surface area contributed by atoms with Crippen LogP contribution in [0.2, 0.25) is 0 Å². The number of β-lactam (4-membered cyclic amide) rings is 1. The normalized spacial score (nSPS) is 25.7. The molecule has 4 heterocycles. The number of Topliss-reactive ketones (excluding diaryl/α,β-unsaturated/α-hetero) is 1. The molecule has 2 aliphatic heterocycles. The molecule has 0 radical (unpaired) electrons. The maximum Gasteiger partial charge on any atom is 0.352 e. The van der Waals surface area contributed by atoms with Gasteiger partial charge in [-0.05, 0) is 6.92 Å². The summed E-state index contributed by atoms with van der Waals surface area (Å²) in [5.74, 6) is -2.75. The zero-order valence-corrected chi connectivity index (χ0v) is 15.4. The van der Waals surface area contributed by atoms with E-state index in [4.69, 9.17) is 5.73 Å². The Kier molecular flexibility index (Phi) is 3.95. The van der Waals surface area contributed by atoms with Crippen LogP contribution in [0.5, 0.6) is 0 Å². The third-order valence-corrected chi connectivity index (χ3v) is 6.44. The first-order valence-electron chi connectivity index (χ1n) is 8.46. The molecule has 1 saturated heterocycles. The van der Waals surface area contributed by atoms with Crippen LogP contribution in [0, 0.1) is 11.8 Å². The smallest absolute Gasteiger partial charge is 0.352 e. The SMILES string of the molecule is C[C@@H](O)[C@H]1C(=O)N2C(C(=O)O)=C(c3cn4cnc(C(=O)CN)c4s3)[C@H](C)[C@H]12. The van der Waals surface area contributed by atoms with Crippen LogP contribution >= 0.6 is 11.3 Å². The van der Waals surface area contributed by atoms with E-state index < -0.39 is 18.0 Å². The number of nitrogens with zero attached hydrogens (tertiary/aromatic N) is 3. The second-order valence-corrected chi connectivity index (χ2v) is 7.88. The van der Waals surface area contributed by atoms with Gasteiger partial charge in [-0.3, -0.25) is 14.0 Å². The second kappa shape index (κ2) is 5.98. The van der Waals surface area contributed by atoms with Crippen molar-refractivity contribution < 1.29 is 24.6 Å². The van der Waals surface area contributed by atoms with Gasteiger partial charge in [-0.2, -0.15) is 0 Å². The number of carbonyl (C=O) groups is 3. The zero-order valence-electron chi connectivity index (χ0n) is 14.6. The van der Waals surface area contributed by atoms with Gasteiger partial charge in [-0.25, -0.2) is 9.78 Å². The molecular weight excluding hydrogens is 372 g/mol. The summed E-state index contributed by atoms with van der Waals surface area (Å²) in [6.45, 7) is 3.22. The standard InChI is InChI=1S/C17H18N4O5S/c1-6-10(9-4-20-5-19-12(8(23)3-18)16(20)27-9)14(17(25)26)21-13(6)11(7(2)22)15(21)24/h4-7,11,13,22H,3,18H2,1-2H3,(H,25,26)/t6-,7+,11+,13+/m0/s1. The summed E-state index contributed by atoms with van der Waals surface area (Å²) >= 11 is 1.24. The Balaban J connectivity index is 1.84. The van der Waals surface area contributed by atoms with E-state index >= 15 is 0 Å². The minimum Gasteiger partial charge on any atom is -0.477 e. The van der Waals surface area contributed by atoms with E-state index in [9.17, 15) is 24.6 Å². The van der Waals surface area contributed by atoms with Crippen molar-refractivity contribution in [1.82, 2.24) is 14.3 Å². The van der Waals surface area contributed by atoms with E-state index in [1.807, 2.05) is 6.92 Å². The number of aromatic nitrogens is 2. The number of carboxylic acid groups (broad SMARTS) is 1. The molecule has 2 aromatic rings. The average Bonchev–Trinajstić information content (AvgIpc) is 3.23. The molecule has 0 unspecified atom stereocenters. The van der Waals surface area contributed by atoms with Crippen molar-refractivity contribution in [3.8, 4) is 0 Å². The van der Waals surface area contributed by atoms with Gasteiger partial charge in [0, 0.05) is 17.7 Å². The van der Waals surface area contributed by atoms with Gasteiger partial charge in [0.05, 0.1) is 29.5 Å². The molecule has 142 valence electrons. The molecule has 1 amide bonds. The lowest BCUT2D eigenvalue weighted by atomic mass is 9.77. The topological polar surface area (TPSA) is 138 Å². The molecule has 9 nitrogen and oxygen atoms in total. The number of fused-ring (bicyclic) bond motifs is 2. The molecule has 4 atom stereocenters. The molecule has 1 fully saturated rings. The Morgan fingerprint density at radius 3 is 2.74 bits per heavy atom. The lowest BCUT2D eigenvalue weighted by Gasteiger charge is -2.46. The molecule has 0 spiro atoms. The van der Waals surface area contributed by atoms with Gasteiger partial charge >= 0.3 is 5.97 Å². The highest BCUT2D eigenvalue weighted by atomic mass is 32.1. The zero-order chi connectivity index (χ0) is 19.6. The van der Waals surface area contributed by atoms with Gasteiger partial charge in [0.15, 0.2) is 5.78 Å². The summed E-state index contributed by atoms with van der Waals surface area (Å²) < 4.78 is 1.66. The van der Waals surface area contributed by atoms with Gasteiger partial charge in [0.2, 0.25) is 5.91 Å². The van der Waals surface area contributed by atoms with Crippen molar-refractivity contribution in [2.24, 2.45) is 17.6 Å². The summed E-state index contributed by atoms with van der Waals surface area (Å²) in [4.78, 5) is 42.9. The average molecular weight is 390 g/mol. The number of rotatable bonds is 5. The van der Waals surface area contributed by atoms with Crippen molar-refractivity contribution in [1.29, 1.82) is 0 Å². The number of aliphatic carboxylic acids is 1. The number of ketones is 1. The minimum atomic E-state index is -1.19. The number of nitrogens with two attached hydrogens (primary N) is 1. The van der Waals surface area contributed by atoms with Crippen LogP contribution in [-0.2, 0) is 9.59 Å². The molecule has 2 aliphatic rings. The van der Waals surface area contributed by atoms with E-state index in [1.165, 1.54) is 29.5 Å². The second-order valence-electron chi connectivity index (χ2n) is 6.85. The molecule has 0 aliphatic carbocycles. The number of imidazole rings is 1. The quantitative estimate of drug-likeness (QED) is 0.489. The largest absolute Gasteiger partial charge is 0.477 e. The summed E-state index contributed by atoms with van der Waals surface area (Å²) in [6, 6.07) is -0.386. The van der Waals surface area contributed by atoms with Crippen LogP contribution in [0.25, 0.3) is 10.4 Å². The predicted molar refractivity (Wildman–Crippen MR) is 96.0 cm³/mol. The Bertz CT molecular complexity index is 1020. The maximum absolute atomic E-state index is 12.4. The number of hydrogen-bond acceptors (Lipinski definition) is 7. The number of aliphatic hydroxyl groups excluding tert-OH is 1. The fourth-order valence-electron chi connectivity index (χ4n) is 4.11. The van der Waals surface area contributed by atoms with Crippen molar-refractivity contribution in [3.63, 3.8) is 0 Å². The van der Waals surface area contributed by atoms with E-state index in [0.717, 1.165) is 0 Å². The van der Waals surface area contributed by atoms with Crippen molar-refractivity contribution in [3.05, 3.63) is 28.8 Å². The number of aliphatic hydroxyl groups is 1. The highest BCUT2D eigenvalue weighted by molar-refractivity contribution is 7.18. The first-order valence-corrected chi connectivity index (χ1v) is 9.28. The highest BCUT2D eigenvalue weighted by Crippen LogP contribution is 2.51. The number of amides is 1. The fraction of sp³-hybridized carbons (Fsp3) is 0.412. The number of thiazole rings is 1. The predicted octanol–water partition coefficient (Wildman–Crippen LogP) is 0.190. The molecule has 0 bridgehead atoms. The van der Waals surface area contributed by atoms with E-state index in [0.29, 0.717) is 15.3 Å². The Labute approximate surface area is 157 Å². The van der Waals surface area contributed by atoms with Crippen LogP contribution in [-0.4, -0.2) is 60.8 Å². The van der Waals surface area contributed by atoms with Crippen LogP contribution in [0.4, 0.5) is 0 Å². The van der Waals surface area contributed by atoms with E-state index in [2.05, 4.69) is 4.98 Å². The highest BCUT2D eigenvalue weighted by Gasteiger charge is 2.60. The van der Waals surface area contributed by atoms with Crippen LogP contribution in [0.3, 0.4) is 0 Å². The summed E-state index contributed by atoms with van der Waals surface area (Å²) in [5.41, 5.74) is 6.14. The van der Waals surface area contributed by atoms with E-state index in [-0.39, 0.29) is 41.6 Å². The van der Waals surface area contributed by atoms with Gasteiger partial charge in [-0.1, -0.05) is 6.92 Å². The third kappa shape index (κ3) is 2.30. The number of carboxylic acids is 1. The first-order chi connectivity index (χ1) is 12.8. The van der Waals surface area contributed by atoms with Crippen LogP contribution in [0.15, 0.2) is 18.2 Å². The molecule has 2 aromatic heterocycles. The monoisotopic (exact) mass is 390 g/mol. The summed E-state index contributed by atoms with van der Waals surface area (Å²) in [6.07, 6.45) is 2.34. The lowest BCUT2D eigenvalue weighted by molar-refractivity contribution is -0.163. The van der Waals surface area contributed by atoms with Gasteiger partial charge in [0.25, 0.3) is 0 Å². The van der Waals surface area contributed by atoms with Gasteiger partial charge in [-0.15, -0.1) is 11.3 Å². The Hall–Kier alpha value is -2.56. The number of carbonyl (C=O) groups excluding carboxylic acids is 2. The van der Waals surface area contributed by atoms with Crippen molar-refractivity contribution >= 4 is 39.4 Å². The number of hydrogen-bond donors (Lipinski definition) is 3. The molecule has 4 N–H and O–H groups in total. The summed E-state index contributed by atoms with van der Waals surface area (Å²) in [5, 5.41) is 19.7. The van der Waals surface area contributed by atoms with Crippen molar-refractivity contribution in [2.75, 3.05) is 6.54 Å². The molecule has 4 rings (SSSR count). The Morgan fingerprint density at radius 2 is 2.15 bits per heavy atom. The molecule has 0 saturated carbocycles. The first kappa shape index (κ1) is 17.8. The van der Waals surface area contributed by atoms with E-state index in [1.54, 1.807) is 10.6 Å². The minimum absolute atomic E-state index is 0.0569.